The van der Waals surface area contributed by atoms with E-state index in [1.54, 1.807) is 0 Å². The standard InChI is InChI=1S/C50H38.C44H34/c1-49(2)45-17-11-10-16-40(45)43-29-48-44(30-47(43)49)41-23-22-36(28-46(41)50(48,3)4)42-27-38(26-35-14-8-9-15-39(35)42)34-21-19-32-18-20-33(24-37(32)25-34)31-12-6-5-7-13-31;1-43(2)39-22-21-36-35-11-7-8-12-38(35)44(3,4)42(36)41(39)37-20-19-34(26-40(37)43)33-18-17-31-24-30(15-16-32(31)25-33)29-14-13-27-9-5-6-10-28(27)23-29/h5-30H,1-4H3;5-26H,1-4H3. The van der Waals surface area contributed by atoms with Crippen LogP contribution in [0.1, 0.15) is 99.9 Å². The average molecular weight is 1200 g/mol. The lowest BCUT2D eigenvalue weighted by molar-refractivity contribution is 0.647. The Bertz CT molecular complexity index is 5720. The van der Waals surface area contributed by atoms with Gasteiger partial charge in [-0.3, -0.25) is 0 Å². The third-order valence-electron chi connectivity index (χ3n) is 22.4. The summed E-state index contributed by atoms with van der Waals surface area (Å²) in [7, 11) is 0. The summed E-state index contributed by atoms with van der Waals surface area (Å²) in [4.78, 5) is 0. The van der Waals surface area contributed by atoms with Crippen molar-refractivity contribution in [2.45, 2.75) is 77.0 Å². The van der Waals surface area contributed by atoms with Crippen molar-refractivity contribution in [3.63, 3.8) is 0 Å². The molecule has 15 aromatic carbocycles. The Morgan fingerprint density at radius 2 is 0.553 bits per heavy atom. The van der Waals surface area contributed by atoms with Crippen LogP contribution in [0.5, 0.6) is 0 Å². The van der Waals surface area contributed by atoms with E-state index in [4.69, 9.17) is 0 Å². The molecule has 0 unspecified atom stereocenters. The van der Waals surface area contributed by atoms with Gasteiger partial charge in [0.25, 0.3) is 0 Å². The fourth-order valence-electron chi connectivity index (χ4n) is 17.3. The van der Waals surface area contributed by atoms with Crippen LogP contribution in [-0.2, 0) is 21.7 Å². The van der Waals surface area contributed by atoms with Gasteiger partial charge in [0, 0.05) is 21.7 Å². The second-order valence-corrected chi connectivity index (χ2v) is 29.2. The molecule has 4 aliphatic carbocycles. The van der Waals surface area contributed by atoms with Crippen LogP contribution >= 0.6 is 0 Å². The predicted octanol–water partition coefficient (Wildman–Crippen LogP) is 25.5. The molecule has 0 aromatic heterocycles. The number of fused-ring (bicyclic) bond motifs is 17. The fraction of sp³-hybridized carbons (Fsp3) is 0.128. The monoisotopic (exact) mass is 1200 g/mol. The second-order valence-electron chi connectivity index (χ2n) is 29.2. The van der Waals surface area contributed by atoms with Gasteiger partial charge in [0.2, 0.25) is 0 Å². The highest BCUT2D eigenvalue weighted by molar-refractivity contribution is 6.03. The van der Waals surface area contributed by atoms with Crippen LogP contribution in [0.15, 0.2) is 291 Å². The third-order valence-corrected chi connectivity index (χ3v) is 22.4. The van der Waals surface area contributed by atoms with Crippen LogP contribution in [0.2, 0.25) is 0 Å². The Balaban J connectivity index is 0.000000139. The van der Waals surface area contributed by atoms with Crippen molar-refractivity contribution in [3.8, 4) is 100 Å². The molecule has 0 bridgehead atoms. The highest BCUT2D eigenvalue weighted by Gasteiger charge is 2.45. The first-order valence-electron chi connectivity index (χ1n) is 33.6. The van der Waals surface area contributed by atoms with Gasteiger partial charge in [-0.15, -0.1) is 0 Å². The van der Waals surface area contributed by atoms with Crippen molar-refractivity contribution in [2.75, 3.05) is 0 Å². The minimum atomic E-state index is -0.112. The van der Waals surface area contributed by atoms with Gasteiger partial charge in [-0.1, -0.05) is 280 Å². The van der Waals surface area contributed by atoms with Gasteiger partial charge in [0.15, 0.2) is 0 Å². The summed E-state index contributed by atoms with van der Waals surface area (Å²) >= 11 is 0. The molecule has 15 aromatic rings. The zero-order chi connectivity index (χ0) is 63.6. The number of hydrogen-bond donors (Lipinski definition) is 0. The summed E-state index contributed by atoms with van der Waals surface area (Å²) in [6, 6.07) is 109. The van der Waals surface area contributed by atoms with Crippen LogP contribution in [0.25, 0.3) is 143 Å². The van der Waals surface area contributed by atoms with Gasteiger partial charge in [0.05, 0.1) is 0 Å². The fourth-order valence-corrected chi connectivity index (χ4v) is 17.3. The SMILES string of the molecule is CC1(C)c2cc(-c3ccc4cc(-c5ccc6ccccc6c5)ccc4c3)ccc2-c2c1ccc1c2C(C)(C)c2ccccc2-1.CC1(C)c2ccccc2-c2cc3c(cc21)-c1ccc(-c2cc(-c4ccc5ccc(-c6ccccc6)cc5c4)cc4ccccc24)cc1C3(C)C. The Kier molecular flexibility index (Phi) is 12.2. The number of rotatable bonds is 5. The van der Waals surface area contributed by atoms with E-state index in [0.717, 1.165) is 0 Å². The molecule has 19 rings (SSSR count). The van der Waals surface area contributed by atoms with Gasteiger partial charge < -0.3 is 0 Å². The zero-order valence-electron chi connectivity index (χ0n) is 54.7. The lowest BCUT2D eigenvalue weighted by Gasteiger charge is -2.26. The first kappa shape index (κ1) is 56.1. The quantitative estimate of drug-likeness (QED) is 0.161. The second kappa shape index (κ2) is 20.4. The Hall–Kier alpha value is -10.7. The highest BCUT2D eigenvalue weighted by atomic mass is 14.5. The minimum Gasteiger partial charge on any atom is -0.0622 e. The Morgan fingerprint density at radius 1 is 0.170 bits per heavy atom. The van der Waals surface area contributed by atoms with Gasteiger partial charge in [-0.05, 0) is 254 Å². The highest BCUT2D eigenvalue weighted by Crippen LogP contribution is 2.60. The molecule has 0 heteroatoms. The van der Waals surface area contributed by atoms with E-state index in [9.17, 15) is 0 Å². The molecule has 0 fully saturated rings. The molecule has 0 aliphatic heterocycles. The molecule has 0 heterocycles. The topological polar surface area (TPSA) is 0 Å². The molecule has 0 N–H and O–H groups in total. The van der Waals surface area contributed by atoms with E-state index >= 15 is 0 Å². The van der Waals surface area contributed by atoms with Gasteiger partial charge in [0.1, 0.15) is 0 Å². The summed E-state index contributed by atoms with van der Waals surface area (Å²) in [6.45, 7) is 19.2. The van der Waals surface area contributed by atoms with E-state index in [0.29, 0.717) is 0 Å². The molecule has 448 valence electrons. The molecule has 0 radical (unpaired) electrons. The maximum absolute atomic E-state index is 2.51. The smallest absolute Gasteiger partial charge is 0.0165 e. The number of hydrogen-bond acceptors (Lipinski definition) is 0. The average Bonchev–Trinajstić information content (AvgIpc) is 1.54. The number of benzene rings is 15. The Labute approximate surface area is 552 Å². The van der Waals surface area contributed by atoms with E-state index in [1.165, 1.54) is 188 Å². The van der Waals surface area contributed by atoms with Crippen LogP contribution < -0.4 is 0 Å². The normalized spacial score (nSPS) is 14.9. The van der Waals surface area contributed by atoms with E-state index < -0.39 is 0 Å². The summed E-state index contributed by atoms with van der Waals surface area (Å²) in [5.41, 5.74) is 35.1. The summed E-state index contributed by atoms with van der Waals surface area (Å²) < 4.78 is 0. The zero-order valence-corrected chi connectivity index (χ0v) is 54.7. The van der Waals surface area contributed by atoms with Crippen molar-refractivity contribution in [1.82, 2.24) is 0 Å². The third kappa shape index (κ3) is 8.44. The van der Waals surface area contributed by atoms with E-state index in [2.05, 4.69) is 347 Å². The van der Waals surface area contributed by atoms with Crippen LogP contribution in [0, 0.1) is 0 Å². The minimum absolute atomic E-state index is 0.0149. The van der Waals surface area contributed by atoms with Gasteiger partial charge in [-0.2, -0.15) is 0 Å². The largest absolute Gasteiger partial charge is 0.0622 e. The van der Waals surface area contributed by atoms with Gasteiger partial charge >= 0.3 is 0 Å². The van der Waals surface area contributed by atoms with E-state index in [1.807, 2.05) is 0 Å². The first-order chi connectivity index (χ1) is 45.6. The summed E-state index contributed by atoms with van der Waals surface area (Å²) in [5, 5.41) is 10.2. The maximum atomic E-state index is 2.51. The molecule has 0 atom stereocenters. The molecule has 0 saturated carbocycles. The maximum Gasteiger partial charge on any atom is 0.0165 e. The molecule has 4 aliphatic rings. The van der Waals surface area contributed by atoms with Crippen molar-refractivity contribution in [3.05, 3.63) is 336 Å². The van der Waals surface area contributed by atoms with Crippen molar-refractivity contribution >= 4 is 43.1 Å². The van der Waals surface area contributed by atoms with E-state index in [-0.39, 0.29) is 21.7 Å². The van der Waals surface area contributed by atoms with Crippen molar-refractivity contribution in [2.24, 2.45) is 0 Å². The van der Waals surface area contributed by atoms with Crippen molar-refractivity contribution < 1.29 is 0 Å². The van der Waals surface area contributed by atoms with Gasteiger partial charge in [-0.25, -0.2) is 0 Å². The lowest BCUT2D eigenvalue weighted by atomic mass is 9.77. The molecular weight excluding hydrogens is 1130 g/mol. The molecule has 0 amide bonds. The molecule has 0 nitrogen and oxygen atoms in total. The molecule has 94 heavy (non-hydrogen) atoms. The summed E-state index contributed by atoms with van der Waals surface area (Å²) in [6.07, 6.45) is 0. The summed E-state index contributed by atoms with van der Waals surface area (Å²) in [5.74, 6) is 0. The van der Waals surface area contributed by atoms with Crippen molar-refractivity contribution in [1.29, 1.82) is 0 Å². The predicted molar refractivity (Wildman–Crippen MR) is 400 cm³/mol. The lowest BCUT2D eigenvalue weighted by Crippen LogP contribution is -2.18. The van der Waals surface area contributed by atoms with Crippen LogP contribution in [0.4, 0.5) is 0 Å². The first-order valence-corrected chi connectivity index (χ1v) is 33.6. The molecular formula is C94H72. The molecule has 0 spiro atoms. The molecule has 0 saturated heterocycles. The van der Waals surface area contributed by atoms with Crippen LogP contribution in [-0.4, -0.2) is 0 Å². The van der Waals surface area contributed by atoms with Crippen LogP contribution in [0.3, 0.4) is 0 Å². The Morgan fingerprint density at radius 3 is 1.21 bits per heavy atom.